The summed E-state index contributed by atoms with van der Waals surface area (Å²) in [7, 11) is 0. The SMILES string of the molecule is Cc1cc(C)c(C(O)COC2CCCCCC2)c(C)c1. The van der Waals surface area contributed by atoms with Gasteiger partial charge in [0.15, 0.2) is 0 Å². The van der Waals surface area contributed by atoms with Crippen LogP contribution in [0.2, 0.25) is 0 Å². The first kappa shape index (κ1) is 15.5. The first-order valence-corrected chi connectivity index (χ1v) is 7.95. The van der Waals surface area contributed by atoms with E-state index in [1.807, 2.05) is 0 Å². The van der Waals surface area contributed by atoms with Crippen molar-refractivity contribution in [1.82, 2.24) is 0 Å². The molecular formula is C18H28O2. The second-order valence-corrected chi connectivity index (χ2v) is 6.28. The van der Waals surface area contributed by atoms with Gasteiger partial charge in [0.05, 0.1) is 12.7 Å². The highest BCUT2D eigenvalue weighted by Crippen LogP contribution is 2.26. The molecule has 0 heterocycles. The summed E-state index contributed by atoms with van der Waals surface area (Å²) in [5, 5.41) is 10.4. The summed E-state index contributed by atoms with van der Waals surface area (Å²) in [5.74, 6) is 0. The molecule has 2 rings (SSSR count). The highest BCUT2D eigenvalue weighted by atomic mass is 16.5. The van der Waals surface area contributed by atoms with E-state index in [0.29, 0.717) is 12.7 Å². The van der Waals surface area contributed by atoms with Gasteiger partial charge >= 0.3 is 0 Å². The van der Waals surface area contributed by atoms with E-state index in [1.54, 1.807) is 0 Å². The maximum absolute atomic E-state index is 10.4. The predicted molar refractivity (Wildman–Crippen MR) is 83.1 cm³/mol. The zero-order valence-electron chi connectivity index (χ0n) is 13.1. The third-order valence-electron chi connectivity index (χ3n) is 4.36. The van der Waals surface area contributed by atoms with Crippen molar-refractivity contribution in [3.8, 4) is 0 Å². The van der Waals surface area contributed by atoms with Crippen LogP contribution in [-0.4, -0.2) is 17.8 Å². The van der Waals surface area contributed by atoms with Gasteiger partial charge in [0.2, 0.25) is 0 Å². The Morgan fingerprint density at radius 3 is 2.15 bits per heavy atom. The largest absolute Gasteiger partial charge is 0.386 e. The molecule has 20 heavy (non-hydrogen) atoms. The van der Waals surface area contributed by atoms with Crippen LogP contribution in [0.3, 0.4) is 0 Å². The normalized spacial score (nSPS) is 18.8. The minimum atomic E-state index is -0.501. The molecule has 1 aromatic carbocycles. The van der Waals surface area contributed by atoms with Gasteiger partial charge in [-0.3, -0.25) is 0 Å². The molecule has 0 aliphatic heterocycles. The molecular weight excluding hydrogens is 248 g/mol. The van der Waals surface area contributed by atoms with Gasteiger partial charge in [0.1, 0.15) is 6.10 Å². The van der Waals surface area contributed by atoms with Gasteiger partial charge < -0.3 is 9.84 Å². The maximum atomic E-state index is 10.4. The molecule has 1 saturated carbocycles. The van der Waals surface area contributed by atoms with Gasteiger partial charge in [-0.05, 0) is 50.3 Å². The highest BCUT2D eigenvalue weighted by Gasteiger charge is 2.18. The third-order valence-corrected chi connectivity index (χ3v) is 4.36. The minimum Gasteiger partial charge on any atom is -0.386 e. The molecule has 0 saturated heterocycles. The number of aliphatic hydroxyl groups excluding tert-OH is 1. The van der Waals surface area contributed by atoms with E-state index in [0.717, 1.165) is 18.4 Å². The van der Waals surface area contributed by atoms with Crippen LogP contribution in [0.25, 0.3) is 0 Å². The Kier molecular flexibility index (Phi) is 5.62. The van der Waals surface area contributed by atoms with Crippen molar-refractivity contribution < 1.29 is 9.84 Å². The Morgan fingerprint density at radius 1 is 1.05 bits per heavy atom. The molecule has 0 amide bonds. The van der Waals surface area contributed by atoms with E-state index in [1.165, 1.54) is 42.4 Å². The number of benzene rings is 1. The summed E-state index contributed by atoms with van der Waals surface area (Å²) in [5.41, 5.74) is 4.63. The molecule has 2 nitrogen and oxygen atoms in total. The molecule has 1 N–H and O–H groups in total. The predicted octanol–water partition coefficient (Wildman–Crippen LogP) is 4.38. The van der Waals surface area contributed by atoms with Crippen LogP contribution in [-0.2, 0) is 4.74 Å². The van der Waals surface area contributed by atoms with Crippen molar-refractivity contribution in [3.63, 3.8) is 0 Å². The van der Waals surface area contributed by atoms with Crippen LogP contribution in [0.1, 0.15) is 66.9 Å². The molecule has 1 aromatic rings. The zero-order chi connectivity index (χ0) is 14.5. The van der Waals surface area contributed by atoms with Crippen LogP contribution in [0.15, 0.2) is 12.1 Å². The van der Waals surface area contributed by atoms with Crippen LogP contribution in [0.4, 0.5) is 0 Å². The number of aryl methyl sites for hydroxylation is 3. The lowest BCUT2D eigenvalue weighted by Gasteiger charge is -2.21. The van der Waals surface area contributed by atoms with Gasteiger partial charge in [0.25, 0.3) is 0 Å². The second-order valence-electron chi connectivity index (χ2n) is 6.28. The quantitative estimate of drug-likeness (QED) is 0.827. The molecule has 1 unspecified atom stereocenters. The van der Waals surface area contributed by atoms with E-state index < -0.39 is 6.10 Å². The number of aliphatic hydroxyl groups is 1. The fourth-order valence-corrected chi connectivity index (χ4v) is 3.44. The number of hydrogen-bond donors (Lipinski definition) is 1. The van der Waals surface area contributed by atoms with Gasteiger partial charge in [-0.1, -0.05) is 43.4 Å². The Labute approximate surface area is 123 Å². The molecule has 112 valence electrons. The molecule has 1 aliphatic carbocycles. The average molecular weight is 276 g/mol. The highest BCUT2D eigenvalue weighted by molar-refractivity contribution is 5.38. The lowest BCUT2D eigenvalue weighted by molar-refractivity contribution is -0.0163. The zero-order valence-corrected chi connectivity index (χ0v) is 13.1. The maximum Gasteiger partial charge on any atom is 0.103 e. The van der Waals surface area contributed by atoms with E-state index in [2.05, 4.69) is 32.9 Å². The van der Waals surface area contributed by atoms with E-state index >= 15 is 0 Å². The summed E-state index contributed by atoms with van der Waals surface area (Å²) in [6, 6.07) is 4.27. The van der Waals surface area contributed by atoms with E-state index in [4.69, 9.17) is 4.74 Å². The minimum absolute atomic E-state index is 0.346. The molecule has 1 atom stereocenters. The van der Waals surface area contributed by atoms with Crippen molar-refractivity contribution in [1.29, 1.82) is 0 Å². The van der Waals surface area contributed by atoms with Crippen LogP contribution < -0.4 is 0 Å². The summed E-state index contributed by atoms with van der Waals surface area (Å²) in [6.45, 7) is 6.67. The Morgan fingerprint density at radius 2 is 1.60 bits per heavy atom. The summed E-state index contributed by atoms with van der Waals surface area (Å²) in [4.78, 5) is 0. The lowest BCUT2D eigenvalue weighted by Crippen LogP contribution is -2.18. The molecule has 1 fully saturated rings. The topological polar surface area (TPSA) is 29.5 Å². The van der Waals surface area contributed by atoms with Crippen LogP contribution >= 0.6 is 0 Å². The van der Waals surface area contributed by atoms with Crippen molar-refractivity contribution in [3.05, 3.63) is 34.4 Å². The number of rotatable bonds is 4. The molecule has 1 aliphatic rings. The van der Waals surface area contributed by atoms with Gasteiger partial charge in [-0.2, -0.15) is 0 Å². The smallest absolute Gasteiger partial charge is 0.103 e. The fraction of sp³-hybridized carbons (Fsp3) is 0.667. The monoisotopic (exact) mass is 276 g/mol. The third kappa shape index (κ3) is 4.07. The van der Waals surface area contributed by atoms with Crippen molar-refractivity contribution in [2.75, 3.05) is 6.61 Å². The standard InChI is InChI=1S/C18H28O2/c1-13-10-14(2)18(15(3)11-13)17(19)12-20-16-8-6-4-5-7-9-16/h10-11,16-17,19H,4-9,12H2,1-3H3. The van der Waals surface area contributed by atoms with Gasteiger partial charge in [-0.15, -0.1) is 0 Å². The first-order valence-electron chi connectivity index (χ1n) is 7.95. The first-order chi connectivity index (χ1) is 9.58. The molecule has 0 aromatic heterocycles. The summed E-state index contributed by atoms with van der Waals surface area (Å²) >= 11 is 0. The molecule has 2 heteroatoms. The Bertz CT molecular complexity index is 408. The number of hydrogen-bond acceptors (Lipinski definition) is 2. The molecule has 0 radical (unpaired) electrons. The second kappa shape index (κ2) is 7.24. The van der Waals surface area contributed by atoms with Crippen molar-refractivity contribution in [2.24, 2.45) is 0 Å². The lowest BCUT2D eigenvalue weighted by atomic mass is 9.96. The van der Waals surface area contributed by atoms with Crippen molar-refractivity contribution >= 4 is 0 Å². The molecule has 0 spiro atoms. The van der Waals surface area contributed by atoms with Crippen molar-refractivity contribution in [2.45, 2.75) is 71.5 Å². The summed E-state index contributed by atoms with van der Waals surface area (Å²) in [6.07, 6.45) is 7.35. The Hall–Kier alpha value is -0.860. The molecule has 0 bridgehead atoms. The van der Waals surface area contributed by atoms with Crippen LogP contribution in [0.5, 0.6) is 0 Å². The van der Waals surface area contributed by atoms with Crippen LogP contribution in [0, 0.1) is 20.8 Å². The average Bonchev–Trinajstić information content (AvgIpc) is 2.63. The van der Waals surface area contributed by atoms with Gasteiger partial charge in [0, 0.05) is 0 Å². The Balaban J connectivity index is 1.96. The number of ether oxygens (including phenoxy) is 1. The van der Waals surface area contributed by atoms with Gasteiger partial charge in [-0.25, -0.2) is 0 Å². The van der Waals surface area contributed by atoms with E-state index in [-0.39, 0.29) is 0 Å². The summed E-state index contributed by atoms with van der Waals surface area (Å²) < 4.78 is 5.97. The fourth-order valence-electron chi connectivity index (χ4n) is 3.44. The van der Waals surface area contributed by atoms with E-state index in [9.17, 15) is 5.11 Å².